The third-order valence-electron chi connectivity index (χ3n) is 2.76. The highest BCUT2D eigenvalue weighted by Crippen LogP contribution is 2.29. The molecule has 1 saturated carbocycles. The second kappa shape index (κ2) is 3.85. The molecule has 0 amide bonds. The van der Waals surface area contributed by atoms with E-state index in [9.17, 15) is 0 Å². The minimum atomic E-state index is 0.594. The van der Waals surface area contributed by atoms with E-state index < -0.39 is 0 Å². The van der Waals surface area contributed by atoms with Crippen molar-refractivity contribution >= 4 is 21.7 Å². The third kappa shape index (κ3) is 2.05. The van der Waals surface area contributed by atoms with Crippen molar-refractivity contribution in [1.82, 2.24) is 9.97 Å². The van der Waals surface area contributed by atoms with Crippen LogP contribution in [0.1, 0.15) is 25.6 Å². The highest BCUT2D eigenvalue weighted by molar-refractivity contribution is 9.10. The van der Waals surface area contributed by atoms with E-state index in [1.807, 2.05) is 13.0 Å². The van der Waals surface area contributed by atoms with Gasteiger partial charge in [0, 0.05) is 12.1 Å². The zero-order valence-electron chi connectivity index (χ0n) is 8.42. The molecule has 0 spiro atoms. The zero-order valence-corrected chi connectivity index (χ0v) is 10.0. The number of nitrogens with zero attached hydrogens (tertiary/aromatic N) is 2. The van der Waals surface area contributed by atoms with Crippen LogP contribution in [0.3, 0.4) is 0 Å². The van der Waals surface area contributed by atoms with Gasteiger partial charge in [0.25, 0.3) is 0 Å². The molecule has 1 N–H and O–H groups in total. The van der Waals surface area contributed by atoms with Gasteiger partial charge >= 0.3 is 0 Å². The van der Waals surface area contributed by atoms with E-state index in [0.29, 0.717) is 6.04 Å². The van der Waals surface area contributed by atoms with Crippen LogP contribution in [0.25, 0.3) is 0 Å². The highest BCUT2D eigenvalue weighted by Gasteiger charge is 2.26. The maximum Gasteiger partial charge on any atom is 0.131 e. The van der Waals surface area contributed by atoms with E-state index in [2.05, 4.69) is 38.1 Å². The van der Waals surface area contributed by atoms with Crippen molar-refractivity contribution in [1.29, 1.82) is 0 Å². The van der Waals surface area contributed by atoms with Crippen LogP contribution in [0.15, 0.2) is 10.7 Å². The Morgan fingerprint density at radius 3 is 2.71 bits per heavy atom. The Labute approximate surface area is 92.5 Å². The van der Waals surface area contributed by atoms with Crippen LogP contribution >= 0.6 is 15.9 Å². The maximum absolute atomic E-state index is 4.34. The lowest BCUT2D eigenvalue weighted by Crippen LogP contribution is -2.36. The van der Waals surface area contributed by atoms with Crippen molar-refractivity contribution in [2.24, 2.45) is 5.92 Å². The highest BCUT2D eigenvalue weighted by atomic mass is 79.9. The molecule has 4 heteroatoms. The molecule has 1 aliphatic carbocycles. The van der Waals surface area contributed by atoms with E-state index in [-0.39, 0.29) is 0 Å². The van der Waals surface area contributed by atoms with Crippen molar-refractivity contribution in [3.63, 3.8) is 0 Å². The van der Waals surface area contributed by atoms with Gasteiger partial charge in [-0.05, 0) is 41.6 Å². The lowest BCUT2D eigenvalue weighted by Gasteiger charge is -2.34. The SMILES string of the molecule is Cc1nc(Br)cc(NC2CCC2C)n1. The minimum Gasteiger partial charge on any atom is -0.367 e. The molecule has 2 unspecified atom stereocenters. The molecule has 1 aliphatic rings. The van der Waals surface area contributed by atoms with Crippen molar-refractivity contribution in [2.75, 3.05) is 5.32 Å². The van der Waals surface area contributed by atoms with E-state index in [4.69, 9.17) is 0 Å². The van der Waals surface area contributed by atoms with Crippen molar-refractivity contribution in [3.8, 4) is 0 Å². The summed E-state index contributed by atoms with van der Waals surface area (Å²) in [6.07, 6.45) is 2.57. The topological polar surface area (TPSA) is 37.8 Å². The summed E-state index contributed by atoms with van der Waals surface area (Å²) in [5.74, 6) is 2.50. The summed E-state index contributed by atoms with van der Waals surface area (Å²) in [4.78, 5) is 8.51. The molecule has 0 aromatic carbocycles. The van der Waals surface area contributed by atoms with Gasteiger partial charge in [-0.25, -0.2) is 9.97 Å². The molecule has 76 valence electrons. The average Bonchev–Trinajstić information content (AvgIpc) is 2.10. The molecule has 0 radical (unpaired) electrons. The smallest absolute Gasteiger partial charge is 0.131 e. The largest absolute Gasteiger partial charge is 0.367 e. The summed E-state index contributed by atoms with van der Waals surface area (Å²) >= 11 is 3.37. The van der Waals surface area contributed by atoms with Crippen LogP contribution < -0.4 is 5.32 Å². The van der Waals surface area contributed by atoms with Crippen LogP contribution in [0, 0.1) is 12.8 Å². The minimum absolute atomic E-state index is 0.594. The lowest BCUT2D eigenvalue weighted by atomic mass is 9.81. The molecule has 1 aromatic heterocycles. The van der Waals surface area contributed by atoms with Gasteiger partial charge in [0.1, 0.15) is 16.2 Å². The number of aryl methyl sites for hydroxylation is 1. The first-order valence-electron chi connectivity index (χ1n) is 4.93. The first-order valence-corrected chi connectivity index (χ1v) is 5.72. The molecule has 14 heavy (non-hydrogen) atoms. The third-order valence-corrected chi connectivity index (χ3v) is 3.17. The molecular weight excluding hydrogens is 242 g/mol. The van der Waals surface area contributed by atoms with Gasteiger partial charge in [-0.15, -0.1) is 0 Å². The second-order valence-electron chi connectivity index (χ2n) is 3.93. The molecule has 0 saturated heterocycles. The van der Waals surface area contributed by atoms with Crippen LogP contribution in [0.5, 0.6) is 0 Å². The Morgan fingerprint density at radius 2 is 2.21 bits per heavy atom. The lowest BCUT2D eigenvalue weighted by molar-refractivity contribution is 0.303. The van der Waals surface area contributed by atoms with Crippen LogP contribution in [0.4, 0.5) is 5.82 Å². The molecule has 0 aliphatic heterocycles. The van der Waals surface area contributed by atoms with Gasteiger partial charge in [0.2, 0.25) is 0 Å². The van der Waals surface area contributed by atoms with Gasteiger partial charge in [-0.1, -0.05) is 6.92 Å². The van der Waals surface area contributed by atoms with E-state index >= 15 is 0 Å². The first kappa shape index (κ1) is 9.90. The standard InChI is InChI=1S/C10H14BrN3/c1-6-3-4-8(6)14-10-5-9(11)12-7(2)13-10/h5-6,8H,3-4H2,1-2H3,(H,12,13,14). The molecule has 1 aromatic rings. The predicted octanol–water partition coefficient (Wildman–Crippen LogP) is 2.76. The van der Waals surface area contributed by atoms with Crippen molar-refractivity contribution in [2.45, 2.75) is 32.7 Å². The van der Waals surface area contributed by atoms with Gasteiger partial charge < -0.3 is 5.32 Å². The number of rotatable bonds is 2. The first-order chi connectivity index (χ1) is 6.65. The number of anilines is 1. The quantitative estimate of drug-likeness (QED) is 0.827. The zero-order chi connectivity index (χ0) is 10.1. The van der Waals surface area contributed by atoms with Crippen LogP contribution in [0.2, 0.25) is 0 Å². The average molecular weight is 256 g/mol. The van der Waals surface area contributed by atoms with Crippen molar-refractivity contribution in [3.05, 3.63) is 16.5 Å². The van der Waals surface area contributed by atoms with E-state index in [1.54, 1.807) is 0 Å². The summed E-state index contributed by atoms with van der Waals surface area (Å²) in [7, 11) is 0. The number of nitrogens with one attached hydrogen (secondary N) is 1. The summed E-state index contributed by atoms with van der Waals surface area (Å²) in [6, 6.07) is 2.52. The fourth-order valence-electron chi connectivity index (χ4n) is 1.68. The predicted molar refractivity (Wildman–Crippen MR) is 60.3 cm³/mol. The molecule has 3 nitrogen and oxygen atoms in total. The fourth-order valence-corrected chi connectivity index (χ4v) is 2.15. The Balaban J connectivity index is 2.08. The van der Waals surface area contributed by atoms with E-state index in [0.717, 1.165) is 22.2 Å². The molecule has 2 atom stereocenters. The summed E-state index contributed by atoms with van der Waals surface area (Å²) < 4.78 is 0.847. The molecule has 1 heterocycles. The Bertz CT molecular complexity index is 320. The summed E-state index contributed by atoms with van der Waals surface area (Å²) in [6.45, 7) is 4.17. The van der Waals surface area contributed by atoms with Gasteiger partial charge in [-0.3, -0.25) is 0 Å². The summed E-state index contributed by atoms with van der Waals surface area (Å²) in [5.41, 5.74) is 0. The number of halogens is 1. The van der Waals surface area contributed by atoms with Gasteiger partial charge in [0.05, 0.1) is 0 Å². The Hall–Kier alpha value is -0.640. The van der Waals surface area contributed by atoms with E-state index in [1.165, 1.54) is 12.8 Å². The van der Waals surface area contributed by atoms with Gasteiger partial charge in [0.15, 0.2) is 0 Å². The number of hydrogen-bond donors (Lipinski definition) is 1. The van der Waals surface area contributed by atoms with Gasteiger partial charge in [-0.2, -0.15) is 0 Å². The molecule has 0 bridgehead atoms. The maximum atomic E-state index is 4.34. The monoisotopic (exact) mass is 255 g/mol. The van der Waals surface area contributed by atoms with Crippen LogP contribution in [-0.2, 0) is 0 Å². The number of hydrogen-bond acceptors (Lipinski definition) is 3. The number of aromatic nitrogens is 2. The molecular formula is C10H14BrN3. The normalized spacial score (nSPS) is 25.6. The summed E-state index contributed by atoms with van der Waals surface area (Å²) in [5, 5.41) is 3.43. The molecule has 1 fully saturated rings. The van der Waals surface area contributed by atoms with Crippen molar-refractivity contribution < 1.29 is 0 Å². The fraction of sp³-hybridized carbons (Fsp3) is 0.600. The van der Waals surface area contributed by atoms with Crippen LogP contribution in [-0.4, -0.2) is 16.0 Å². The Morgan fingerprint density at radius 1 is 1.43 bits per heavy atom. The Kier molecular flexibility index (Phi) is 2.72. The second-order valence-corrected chi connectivity index (χ2v) is 4.74. The molecule has 2 rings (SSSR count).